The Morgan fingerprint density at radius 3 is 2.43 bits per heavy atom. The number of hydroxylamine groups is 2. The van der Waals surface area contributed by atoms with Gasteiger partial charge in [-0.2, -0.15) is 5.06 Å². The fourth-order valence-electron chi connectivity index (χ4n) is 3.59. The van der Waals surface area contributed by atoms with E-state index in [1.54, 1.807) is 12.0 Å². The van der Waals surface area contributed by atoms with Gasteiger partial charge in [0.25, 0.3) is 0 Å². The van der Waals surface area contributed by atoms with Crippen LogP contribution in [0, 0.1) is 0 Å². The van der Waals surface area contributed by atoms with Gasteiger partial charge < -0.3 is 15.0 Å². The number of ether oxygens (including phenoxy) is 1. The number of carbonyl (C=O) groups excluding carboxylic acids is 2. The van der Waals surface area contributed by atoms with Crippen LogP contribution >= 0.6 is 0 Å². The Labute approximate surface area is 167 Å². The van der Waals surface area contributed by atoms with Gasteiger partial charge in [-0.1, -0.05) is 18.2 Å². The Hall–Kier alpha value is -2.48. The fraction of sp³-hybridized carbons (Fsp3) is 0.600. The Kier molecular flexibility index (Phi) is 6.44. The summed E-state index contributed by atoms with van der Waals surface area (Å²) in [7, 11) is 1.59. The number of rotatable bonds is 6. The molecule has 1 aliphatic heterocycles. The van der Waals surface area contributed by atoms with Crippen LogP contribution in [0.5, 0.6) is 5.75 Å². The molecule has 0 saturated carbocycles. The molecule has 0 unspecified atom stereocenters. The van der Waals surface area contributed by atoms with Gasteiger partial charge in [0.2, 0.25) is 0 Å². The molecule has 1 aromatic rings. The summed E-state index contributed by atoms with van der Waals surface area (Å²) in [5.41, 5.74) is 0.0116. The van der Waals surface area contributed by atoms with Crippen molar-refractivity contribution in [3.63, 3.8) is 0 Å². The molecule has 8 nitrogen and oxygen atoms in total. The van der Waals surface area contributed by atoms with E-state index in [4.69, 9.17) is 4.74 Å². The maximum atomic E-state index is 13.3. The molecule has 1 aliphatic rings. The molecule has 1 atom stereocenters. The van der Waals surface area contributed by atoms with Crippen molar-refractivity contribution >= 4 is 12.1 Å². The third-order valence-corrected chi connectivity index (χ3v) is 4.97. The number of amides is 4. The Balaban J connectivity index is 2.41. The Morgan fingerprint density at radius 1 is 1.29 bits per heavy atom. The van der Waals surface area contributed by atoms with Gasteiger partial charge in [0.05, 0.1) is 19.2 Å². The van der Waals surface area contributed by atoms with Gasteiger partial charge in [-0.05, 0) is 47.6 Å². The lowest BCUT2D eigenvalue weighted by Gasteiger charge is -2.39. The van der Waals surface area contributed by atoms with E-state index in [-0.39, 0.29) is 18.1 Å². The first-order chi connectivity index (χ1) is 13.0. The lowest BCUT2D eigenvalue weighted by Crippen LogP contribution is -2.60. The predicted octanol–water partition coefficient (Wildman–Crippen LogP) is 3.26. The number of nitrogens with one attached hydrogen (secondary N) is 1. The zero-order valence-electron chi connectivity index (χ0n) is 17.8. The lowest BCUT2D eigenvalue weighted by molar-refractivity contribution is -0.138. The molecule has 1 heterocycles. The van der Waals surface area contributed by atoms with Crippen molar-refractivity contribution in [1.82, 2.24) is 20.2 Å². The van der Waals surface area contributed by atoms with Crippen molar-refractivity contribution in [3.05, 3.63) is 29.8 Å². The predicted molar refractivity (Wildman–Crippen MR) is 106 cm³/mol. The van der Waals surface area contributed by atoms with Crippen molar-refractivity contribution < 1.29 is 19.5 Å². The van der Waals surface area contributed by atoms with E-state index in [2.05, 4.69) is 5.32 Å². The highest BCUT2D eigenvalue weighted by Gasteiger charge is 2.56. The third-order valence-electron chi connectivity index (χ3n) is 4.97. The van der Waals surface area contributed by atoms with E-state index in [0.717, 1.165) is 5.56 Å². The van der Waals surface area contributed by atoms with Gasteiger partial charge in [-0.3, -0.25) is 10.1 Å². The minimum absolute atomic E-state index is 0.139. The summed E-state index contributed by atoms with van der Waals surface area (Å²) in [6.07, 6.45) is -0.839. The average Bonchev–Trinajstić information content (AvgIpc) is 2.81. The van der Waals surface area contributed by atoms with Crippen LogP contribution in [-0.4, -0.2) is 63.0 Å². The Bertz CT molecular complexity index is 720. The minimum atomic E-state index is -0.842. The zero-order chi connectivity index (χ0) is 21.2. The molecule has 28 heavy (non-hydrogen) atoms. The highest BCUT2D eigenvalue weighted by atomic mass is 16.5. The topological polar surface area (TPSA) is 85.3 Å². The van der Waals surface area contributed by atoms with E-state index < -0.39 is 17.7 Å². The monoisotopic (exact) mass is 392 g/mol. The van der Waals surface area contributed by atoms with Crippen LogP contribution in [0.3, 0.4) is 0 Å². The molecule has 4 amide bonds. The summed E-state index contributed by atoms with van der Waals surface area (Å²) in [6, 6.07) is 6.27. The molecule has 156 valence electrons. The molecule has 2 rings (SSSR count). The quantitative estimate of drug-likeness (QED) is 0.575. The summed E-state index contributed by atoms with van der Waals surface area (Å²) < 4.78 is 5.41. The molecule has 1 fully saturated rings. The molecule has 1 aromatic carbocycles. The molecule has 0 aromatic heterocycles. The summed E-state index contributed by atoms with van der Waals surface area (Å²) in [5.74, 6) is 0.684. The standard InChI is InChI=1S/C20H32N4O4/c1-13(2)21-18(25)24(27)17-20(5,6)22(19(26)23(17)14(3)4)12-15-10-8-9-11-16(15)28-7/h8-11,13-14,17,27H,12H2,1-7H3,(H,21,25)/t17-/m0/s1. The number of carbonyl (C=O) groups is 2. The second-order valence-electron chi connectivity index (χ2n) is 8.16. The number of hydrogen-bond donors (Lipinski definition) is 2. The number of hydrogen-bond acceptors (Lipinski definition) is 4. The van der Waals surface area contributed by atoms with Crippen molar-refractivity contribution in [1.29, 1.82) is 0 Å². The van der Waals surface area contributed by atoms with Crippen molar-refractivity contribution in [2.45, 2.75) is 71.9 Å². The van der Waals surface area contributed by atoms with Gasteiger partial charge in [-0.15, -0.1) is 0 Å². The van der Waals surface area contributed by atoms with Gasteiger partial charge >= 0.3 is 12.1 Å². The first-order valence-corrected chi connectivity index (χ1v) is 9.52. The summed E-state index contributed by atoms with van der Waals surface area (Å²) in [4.78, 5) is 28.9. The average molecular weight is 393 g/mol. The number of benzene rings is 1. The fourth-order valence-corrected chi connectivity index (χ4v) is 3.59. The number of nitrogens with zero attached hydrogens (tertiary/aromatic N) is 3. The van der Waals surface area contributed by atoms with Crippen LogP contribution in [0.4, 0.5) is 9.59 Å². The largest absolute Gasteiger partial charge is 0.496 e. The maximum Gasteiger partial charge on any atom is 0.343 e. The van der Waals surface area contributed by atoms with Gasteiger partial charge in [0.15, 0.2) is 6.17 Å². The Morgan fingerprint density at radius 2 is 1.89 bits per heavy atom. The van der Waals surface area contributed by atoms with Gasteiger partial charge in [0.1, 0.15) is 5.75 Å². The highest BCUT2D eigenvalue weighted by Crippen LogP contribution is 2.37. The van der Waals surface area contributed by atoms with Crippen LogP contribution in [0.15, 0.2) is 24.3 Å². The second-order valence-corrected chi connectivity index (χ2v) is 8.16. The van der Waals surface area contributed by atoms with Crippen LogP contribution in [0.25, 0.3) is 0 Å². The molecule has 0 spiro atoms. The third kappa shape index (κ3) is 4.01. The van der Waals surface area contributed by atoms with Crippen molar-refractivity contribution in [3.8, 4) is 5.75 Å². The molecule has 0 radical (unpaired) electrons. The van der Waals surface area contributed by atoms with Crippen LogP contribution < -0.4 is 10.1 Å². The molecular formula is C20H32N4O4. The SMILES string of the molecule is COc1ccccc1CN1C(=O)N(C(C)C)[C@@H](N(O)C(=O)NC(C)C)C1(C)C. The van der Waals surface area contributed by atoms with E-state index >= 15 is 0 Å². The number of methoxy groups -OCH3 is 1. The maximum absolute atomic E-state index is 13.3. The molecule has 0 aliphatic carbocycles. The van der Waals surface area contributed by atoms with Crippen molar-refractivity contribution in [2.75, 3.05) is 7.11 Å². The molecule has 0 bridgehead atoms. The first-order valence-electron chi connectivity index (χ1n) is 9.52. The number of para-hydroxylation sites is 1. The first kappa shape index (κ1) is 21.8. The van der Waals surface area contributed by atoms with E-state index in [0.29, 0.717) is 17.4 Å². The highest BCUT2D eigenvalue weighted by molar-refractivity contribution is 5.81. The van der Waals surface area contributed by atoms with Gasteiger partial charge in [-0.25, -0.2) is 9.59 Å². The minimum Gasteiger partial charge on any atom is -0.496 e. The smallest absolute Gasteiger partial charge is 0.343 e. The van der Waals surface area contributed by atoms with Crippen LogP contribution in [0.2, 0.25) is 0 Å². The summed E-state index contributed by atoms with van der Waals surface area (Å²) in [6.45, 7) is 11.3. The molecule has 1 saturated heterocycles. The van der Waals surface area contributed by atoms with E-state index in [9.17, 15) is 14.8 Å². The van der Waals surface area contributed by atoms with Gasteiger partial charge in [0, 0.05) is 17.6 Å². The van der Waals surface area contributed by atoms with Crippen LogP contribution in [0.1, 0.15) is 47.1 Å². The molecule has 8 heteroatoms. The molecular weight excluding hydrogens is 360 g/mol. The lowest BCUT2D eigenvalue weighted by atomic mass is 9.98. The summed E-state index contributed by atoms with van der Waals surface area (Å²) in [5, 5.41) is 14.0. The normalized spacial score (nSPS) is 18.8. The number of urea groups is 2. The zero-order valence-corrected chi connectivity index (χ0v) is 17.8. The van der Waals surface area contributed by atoms with Crippen LogP contribution in [-0.2, 0) is 6.54 Å². The second kappa shape index (κ2) is 8.26. The molecule has 2 N–H and O–H groups in total. The van der Waals surface area contributed by atoms with E-state index in [1.807, 2.05) is 65.8 Å². The van der Waals surface area contributed by atoms with Crippen molar-refractivity contribution in [2.24, 2.45) is 0 Å². The van der Waals surface area contributed by atoms with E-state index in [1.165, 1.54) is 4.90 Å². The summed E-state index contributed by atoms with van der Waals surface area (Å²) >= 11 is 0.